The number of amides is 1. The highest BCUT2D eigenvalue weighted by molar-refractivity contribution is 7.15. The van der Waals surface area contributed by atoms with Crippen molar-refractivity contribution in [3.05, 3.63) is 85.7 Å². The lowest BCUT2D eigenvalue weighted by Gasteiger charge is -2.22. The van der Waals surface area contributed by atoms with Crippen molar-refractivity contribution in [2.75, 3.05) is 18.6 Å². The Morgan fingerprint density at radius 3 is 2.51 bits per heavy atom. The van der Waals surface area contributed by atoms with Gasteiger partial charge in [0.05, 0.1) is 42.0 Å². The molecule has 0 aliphatic carbocycles. The summed E-state index contributed by atoms with van der Waals surface area (Å²) in [4.78, 5) is 46.4. The van der Waals surface area contributed by atoms with Crippen molar-refractivity contribution in [2.24, 2.45) is 0 Å². The van der Waals surface area contributed by atoms with E-state index in [-0.39, 0.29) is 22.3 Å². The summed E-state index contributed by atoms with van der Waals surface area (Å²) in [5.41, 5.74) is 2.03. The van der Waals surface area contributed by atoms with Crippen LogP contribution in [0.4, 0.5) is 5.13 Å². The molecule has 35 heavy (non-hydrogen) atoms. The summed E-state index contributed by atoms with van der Waals surface area (Å²) in [5.74, 6) is -0.398. The normalized spacial score (nSPS) is 14.9. The van der Waals surface area contributed by atoms with Crippen molar-refractivity contribution in [2.45, 2.75) is 26.8 Å². The van der Waals surface area contributed by atoms with Gasteiger partial charge in [-0.05, 0) is 50.6 Å². The Kier molecular flexibility index (Phi) is 5.64. The third-order valence-corrected chi connectivity index (χ3v) is 7.10. The zero-order chi connectivity index (χ0) is 24.9. The number of aromatic nitrogens is 1. The van der Waals surface area contributed by atoms with Crippen molar-refractivity contribution in [1.82, 2.24) is 4.98 Å². The van der Waals surface area contributed by atoms with Crippen molar-refractivity contribution in [1.29, 1.82) is 0 Å². The molecule has 9 heteroatoms. The predicted octanol–water partition coefficient (Wildman–Crippen LogP) is 4.80. The molecular formula is C26H22N2O6S. The number of ether oxygens (including phenoxy) is 2. The molecule has 4 aromatic rings. The van der Waals surface area contributed by atoms with Crippen molar-refractivity contribution < 1.29 is 23.5 Å². The summed E-state index contributed by atoms with van der Waals surface area (Å²) >= 11 is 1.37. The van der Waals surface area contributed by atoms with Crippen LogP contribution in [0.5, 0.6) is 5.75 Å². The van der Waals surface area contributed by atoms with Crippen LogP contribution in [0.15, 0.2) is 51.7 Å². The first-order valence-electron chi connectivity index (χ1n) is 11.0. The van der Waals surface area contributed by atoms with E-state index in [1.165, 1.54) is 23.3 Å². The number of aryl methyl sites for hydroxylation is 2. The average Bonchev–Trinajstić information content (AvgIpc) is 3.34. The Hall–Kier alpha value is -3.98. The standard InChI is InChI=1S/C26H22N2O6S/c1-5-33-17-10-11-18-19(12-17)34-23-20(22(18)29)21(15-6-8-16(9-7-15)25(31)32-4)28(24(23)30)26-27-13(2)14(3)35-26/h6-12,21H,5H2,1-4H3. The van der Waals surface area contributed by atoms with Crippen LogP contribution in [-0.4, -0.2) is 30.6 Å². The number of carbonyl (C=O) groups is 2. The third kappa shape index (κ3) is 3.68. The highest BCUT2D eigenvalue weighted by Crippen LogP contribution is 2.43. The highest BCUT2D eigenvalue weighted by atomic mass is 32.1. The number of anilines is 1. The van der Waals surface area contributed by atoms with Crippen molar-refractivity contribution >= 4 is 39.3 Å². The maximum Gasteiger partial charge on any atom is 0.337 e. The first kappa shape index (κ1) is 22.8. The minimum Gasteiger partial charge on any atom is -0.494 e. The molecule has 0 N–H and O–H groups in total. The van der Waals surface area contributed by atoms with Crippen LogP contribution < -0.4 is 15.1 Å². The molecule has 2 aromatic heterocycles. The number of fused-ring (bicyclic) bond motifs is 2. The zero-order valence-corrected chi connectivity index (χ0v) is 20.4. The van der Waals surface area contributed by atoms with Gasteiger partial charge in [-0.25, -0.2) is 9.78 Å². The topological polar surface area (TPSA) is 98.9 Å². The van der Waals surface area contributed by atoms with Gasteiger partial charge in [-0.15, -0.1) is 11.3 Å². The second kappa shape index (κ2) is 8.66. The zero-order valence-electron chi connectivity index (χ0n) is 19.6. The van der Waals surface area contributed by atoms with E-state index in [0.29, 0.717) is 34.0 Å². The first-order valence-corrected chi connectivity index (χ1v) is 11.8. The monoisotopic (exact) mass is 490 g/mol. The van der Waals surface area contributed by atoms with Crippen LogP contribution >= 0.6 is 11.3 Å². The Morgan fingerprint density at radius 1 is 1.14 bits per heavy atom. The van der Waals surface area contributed by atoms with E-state index >= 15 is 0 Å². The quantitative estimate of drug-likeness (QED) is 0.371. The minimum atomic E-state index is -0.763. The largest absolute Gasteiger partial charge is 0.494 e. The van der Waals surface area contributed by atoms with Crippen molar-refractivity contribution in [3.63, 3.8) is 0 Å². The minimum absolute atomic E-state index is 0.0244. The van der Waals surface area contributed by atoms with Gasteiger partial charge in [0, 0.05) is 10.9 Å². The molecule has 0 bridgehead atoms. The molecule has 5 rings (SSSR count). The summed E-state index contributed by atoms with van der Waals surface area (Å²) < 4.78 is 16.4. The van der Waals surface area contributed by atoms with E-state index in [2.05, 4.69) is 4.98 Å². The van der Waals surface area contributed by atoms with Gasteiger partial charge >= 0.3 is 5.97 Å². The molecule has 2 aromatic carbocycles. The SMILES string of the molecule is CCOc1ccc2c(=O)c3c(oc2c1)C(=O)N(c1nc(C)c(C)s1)C3c1ccc(C(=O)OC)cc1. The van der Waals surface area contributed by atoms with Crippen LogP contribution in [0.1, 0.15) is 55.6 Å². The third-order valence-electron chi connectivity index (χ3n) is 6.03. The Bertz CT molecular complexity index is 1520. The molecule has 8 nitrogen and oxygen atoms in total. The average molecular weight is 491 g/mol. The number of thiazole rings is 1. The van der Waals surface area contributed by atoms with Crippen LogP contribution in [0.2, 0.25) is 0 Å². The van der Waals surface area contributed by atoms with Gasteiger partial charge in [0.25, 0.3) is 5.91 Å². The highest BCUT2D eigenvalue weighted by Gasteiger charge is 2.45. The molecule has 1 atom stereocenters. The molecule has 1 amide bonds. The lowest BCUT2D eigenvalue weighted by atomic mass is 9.97. The summed E-state index contributed by atoms with van der Waals surface area (Å²) in [6.07, 6.45) is 0. The number of benzene rings is 2. The van der Waals surface area contributed by atoms with E-state index in [0.717, 1.165) is 10.6 Å². The van der Waals surface area contributed by atoms with Crippen LogP contribution in [0, 0.1) is 13.8 Å². The second-order valence-corrected chi connectivity index (χ2v) is 9.28. The van der Waals surface area contributed by atoms with Gasteiger partial charge in [-0.2, -0.15) is 0 Å². The van der Waals surface area contributed by atoms with Gasteiger partial charge < -0.3 is 13.9 Å². The van der Waals surface area contributed by atoms with E-state index < -0.39 is 17.9 Å². The Morgan fingerprint density at radius 2 is 1.89 bits per heavy atom. The molecule has 3 heterocycles. The van der Waals surface area contributed by atoms with Gasteiger partial charge in [-0.3, -0.25) is 14.5 Å². The fraction of sp³-hybridized carbons (Fsp3) is 0.231. The van der Waals surface area contributed by atoms with E-state index in [1.807, 2.05) is 20.8 Å². The molecule has 1 aliphatic heterocycles. The maximum atomic E-state index is 13.7. The number of hydrogen-bond donors (Lipinski definition) is 0. The smallest absolute Gasteiger partial charge is 0.337 e. The van der Waals surface area contributed by atoms with Gasteiger partial charge in [0.2, 0.25) is 5.76 Å². The number of carbonyl (C=O) groups excluding carboxylic acids is 2. The number of nitrogens with zero attached hydrogens (tertiary/aromatic N) is 2. The summed E-state index contributed by atoms with van der Waals surface area (Å²) in [7, 11) is 1.31. The van der Waals surface area contributed by atoms with E-state index in [4.69, 9.17) is 13.9 Å². The van der Waals surface area contributed by atoms with Crippen molar-refractivity contribution in [3.8, 4) is 5.75 Å². The van der Waals surface area contributed by atoms with E-state index in [1.54, 1.807) is 42.5 Å². The molecule has 0 radical (unpaired) electrons. The Balaban J connectivity index is 1.74. The Labute approximate surface area is 204 Å². The molecule has 0 fully saturated rings. The summed E-state index contributed by atoms with van der Waals surface area (Å²) in [5, 5.41) is 0.821. The van der Waals surface area contributed by atoms with Crippen LogP contribution in [0.25, 0.3) is 11.0 Å². The summed E-state index contributed by atoms with van der Waals surface area (Å²) in [6, 6.07) is 10.8. The number of hydrogen-bond acceptors (Lipinski definition) is 8. The molecular weight excluding hydrogens is 468 g/mol. The molecule has 178 valence electrons. The van der Waals surface area contributed by atoms with Gasteiger partial charge in [0.1, 0.15) is 11.3 Å². The molecule has 1 aliphatic rings. The fourth-order valence-electron chi connectivity index (χ4n) is 4.20. The van der Waals surface area contributed by atoms with Gasteiger partial charge in [-0.1, -0.05) is 12.1 Å². The van der Waals surface area contributed by atoms with E-state index in [9.17, 15) is 14.4 Å². The molecule has 0 saturated heterocycles. The lowest BCUT2D eigenvalue weighted by Crippen LogP contribution is -2.29. The number of esters is 1. The fourth-order valence-corrected chi connectivity index (χ4v) is 5.13. The first-order chi connectivity index (χ1) is 16.8. The maximum absolute atomic E-state index is 13.7. The van der Waals surface area contributed by atoms with Crippen LogP contribution in [-0.2, 0) is 4.74 Å². The number of rotatable bonds is 5. The second-order valence-electron chi connectivity index (χ2n) is 8.09. The number of methoxy groups -OCH3 is 1. The van der Waals surface area contributed by atoms with Crippen LogP contribution in [0.3, 0.4) is 0 Å². The van der Waals surface area contributed by atoms with Gasteiger partial charge in [0.15, 0.2) is 10.6 Å². The molecule has 0 spiro atoms. The summed E-state index contributed by atoms with van der Waals surface area (Å²) in [6.45, 7) is 6.12. The molecule has 1 unspecified atom stereocenters. The molecule has 0 saturated carbocycles. The lowest BCUT2D eigenvalue weighted by molar-refractivity contribution is 0.0600. The predicted molar refractivity (Wildman–Crippen MR) is 132 cm³/mol.